The zero-order valence-electron chi connectivity index (χ0n) is 12.8. The first-order valence-electron chi connectivity index (χ1n) is 7.26. The summed E-state index contributed by atoms with van der Waals surface area (Å²) in [7, 11) is 1.48. The summed E-state index contributed by atoms with van der Waals surface area (Å²) in [5.74, 6) is 0.742. The fourth-order valence-corrected chi connectivity index (χ4v) is 2.39. The van der Waals surface area contributed by atoms with E-state index in [0.29, 0.717) is 17.9 Å². The molecule has 128 valence electrons. The van der Waals surface area contributed by atoms with Gasteiger partial charge in [0.05, 0.1) is 13.7 Å². The molecule has 1 fully saturated rings. The Morgan fingerprint density at radius 2 is 1.91 bits per heavy atom. The molecule has 1 heterocycles. The molecule has 4 N–H and O–H groups in total. The van der Waals surface area contributed by atoms with Gasteiger partial charge >= 0.3 is 0 Å². The molecule has 0 bridgehead atoms. The van der Waals surface area contributed by atoms with E-state index in [1.165, 1.54) is 7.11 Å². The quantitative estimate of drug-likeness (QED) is 0.527. The minimum absolute atomic E-state index is 0.310. The molecule has 1 aromatic rings. The number of aliphatic hydroxyl groups is 4. The largest absolute Gasteiger partial charge is 0.493 e. The third-order valence-electron chi connectivity index (χ3n) is 3.70. The van der Waals surface area contributed by atoms with Crippen LogP contribution in [-0.2, 0) is 11.2 Å². The summed E-state index contributed by atoms with van der Waals surface area (Å²) in [4.78, 5) is 0. The lowest BCUT2D eigenvalue weighted by molar-refractivity contribution is -0.277. The van der Waals surface area contributed by atoms with E-state index in [2.05, 4.69) is 6.58 Å². The SMILES string of the molecule is C=CCc1ccc(O[C@@H]2O[C@H](CO)[C@@H](O)[C@H](O)[C@H]2O)c(OC)c1. The molecule has 0 saturated carbocycles. The second-order valence-electron chi connectivity index (χ2n) is 5.29. The smallest absolute Gasteiger partial charge is 0.229 e. The van der Waals surface area contributed by atoms with Gasteiger partial charge in [-0.15, -0.1) is 6.58 Å². The van der Waals surface area contributed by atoms with Crippen LogP contribution < -0.4 is 9.47 Å². The van der Waals surface area contributed by atoms with Gasteiger partial charge in [-0.1, -0.05) is 12.1 Å². The van der Waals surface area contributed by atoms with Gasteiger partial charge in [0.15, 0.2) is 11.5 Å². The number of ether oxygens (including phenoxy) is 3. The Kier molecular flexibility index (Phi) is 5.97. The van der Waals surface area contributed by atoms with Crippen LogP contribution in [-0.4, -0.2) is 64.8 Å². The Morgan fingerprint density at radius 1 is 1.17 bits per heavy atom. The topological polar surface area (TPSA) is 109 Å². The highest BCUT2D eigenvalue weighted by molar-refractivity contribution is 5.43. The molecular weight excluding hydrogens is 304 g/mol. The van der Waals surface area contributed by atoms with Crippen LogP contribution in [0.15, 0.2) is 30.9 Å². The molecular formula is C16H22O7. The van der Waals surface area contributed by atoms with E-state index >= 15 is 0 Å². The molecule has 5 atom stereocenters. The maximum atomic E-state index is 9.99. The van der Waals surface area contributed by atoms with Crippen LogP contribution in [0.4, 0.5) is 0 Å². The van der Waals surface area contributed by atoms with Crippen molar-refractivity contribution in [3.05, 3.63) is 36.4 Å². The summed E-state index contributed by atoms with van der Waals surface area (Å²) in [6.45, 7) is 3.16. The van der Waals surface area contributed by atoms with Gasteiger partial charge in [0.25, 0.3) is 0 Å². The lowest BCUT2D eigenvalue weighted by Gasteiger charge is -2.39. The molecule has 0 spiro atoms. The Hall–Kier alpha value is -1.64. The standard InChI is InChI=1S/C16H22O7/c1-3-4-9-5-6-10(11(7-9)21-2)22-16-15(20)14(19)13(18)12(8-17)23-16/h3,5-7,12-20H,1,4,8H2,2H3/t12-,13-,14+,15-,16-/m1/s1. The molecule has 23 heavy (non-hydrogen) atoms. The minimum Gasteiger partial charge on any atom is -0.493 e. The summed E-state index contributed by atoms with van der Waals surface area (Å²) < 4.78 is 16.1. The molecule has 0 amide bonds. The van der Waals surface area contributed by atoms with E-state index in [1.807, 2.05) is 6.07 Å². The van der Waals surface area contributed by atoms with Crippen molar-refractivity contribution in [2.75, 3.05) is 13.7 Å². The molecule has 0 aromatic heterocycles. The number of benzene rings is 1. The zero-order chi connectivity index (χ0) is 17.0. The molecule has 7 nitrogen and oxygen atoms in total. The second-order valence-corrected chi connectivity index (χ2v) is 5.29. The molecule has 1 aliphatic heterocycles. The minimum atomic E-state index is -1.49. The summed E-state index contributed by atoms with van der Waals surface area (Å²) in [6, 6.07) is 5.23. The summed E-state index contributed by atoms with van der Waals surface area (Å²) in [6.07, 6.45) is -4.23. The average Bonchev–Trinajstić information content (AvgIpc) is 2.56. The van der Waals surface area contributed by atoms with Crippen LogP contribution in [0.25, 0.3) is 0 Å². The van der Waals surface area contributed by atoms with E-state index in [9.17, 15) is 20.4 Å². The second kappa shape index (κ2) is 7.76. The Bertz CT molecular complexity index is 531. The Balaban J connectivity index is 2.18. The summed E-state index contributed by atoms with van der Waals surface area (Å²) in [5, 5.41) is 38.7. The molecule has 0 radical (unpaired) electrons. The predicted molar refractivity (Wildman–Crippen MR) is 81.3 cm³/mol. The molecule has 1 aromatic carbocycles. The van der Waals surface area contributed by atoms with Crippen LogP contribution in [0.3, 0.4) is 0 Å². The first-order valence-corrected chi connectivity index (χ1v) is 7.26. The number of rotatable bonds is 6. The number of methoxy groups -OCH3 is 1. The molecule has 1 aliphatic rings. The van der Waals surface area contributed by atoms with Gasteiger partial charge in [0.1, 0.15) is 24.4 Å². The van der Waals surface area contributed by atoms with Gasteiger partial charge in [0, 0.05) is 0 Å². The van der Waals surface area contributed by atoms with Crippen LogP contribution in [0.1, 0.15) is 5.56 Å². The molecule has 7 heteroatoms. The average molecular weight is 326 g/mol. The third kappa shape index (κ3) is 3.82. The fraction of sp³-hybridized carbons (Fsp3) is 0.500. The fourth-order valence-electron chi connectivity index (χ4n) is 2.39. The van der Waals surface area contributed by atoms with Gasteiger partial charge < -0.3 is 34.6 Å². The van der Waals surface area contributed by atoms with Crippen molar-refractivity contribution in [2.24, 2.45) is 0 Å². The summed E-state index contributed by atoms with van der Waals surface area (Å²) >= 11 is 0. The highest BCUT2D eigenvalue weighted by Crippen LogP contribution is 2.32. The first-order chi connectivity index (χ1) is 11.0. The normalized spacial score (nSPS) is 30.7. The van der Waals surface area contributed by atoms with E-state index in [-0.39, 0.29) is 0 Å². The van der Waals surface area contributed by atoms with Gasteiger partial charge in [-0.25, -0.2) is 0 Å². The highest BCUT2D eigenvalue weighted by Gasteiger charge is 2.44. The van der Waals surface area contributed by atoms with E-state index < -0.39 is 37.3 Å². The maximum absolute atomic E-state index is 9.99. The molecule has 2 rings (SSSR count). The van der Waals surface area contributed by atoms with Crippen molar-refractivity contribution in [2.45, 2.75) is 37.1 Å². The van der Waals surface area contributed by atoms with E-state index in [1.54, 1.807) is 18.2 Å². The number of allylic oxidation sites excluding steroid dienone is 1. The number of aliphatic hydroxyl groups excluding tert-OH is 4. The van der Waals surface area contributed by atoms with Gasteiger partial charge in [-0.05, 0) is 24.1 Å². The van der Waals surface area contributed by atoms with Gasteiger partial charge in [-0.3, -0.25) is 0 Å². The Labute approximate surface area is 134 Å². The van der Waals surface area contributed by atoms with Crippen LogP contribution in [0.5, 0.6) is 11.5 Å². The van der Waals surface area contributed by atoms with Crippen molar-refractivity contribution in [3.63, 3.8) is 0 Å². The van der Waals surface area contributed by atoms with Gasteiger partial charge in [0.2, 0.25) is 6.29 Å². The zero-order valence-corrected chi connectivity index (χ0v) is 12.8. The van der Waals surface area contributed by atoms with E-state index in [4.69, 9.17) is 14.2 Å². The predicted octanol–water partition coefficient (Wildman–Crippen LogP) is -0.398. The highest BCUT2D eigenvalue weighted by atomic mass is 16.7. The number of hydrogen-bond donors (Lipinski definition) is 4. The lowest BCUT2D eigenvalue weighted by atomic mass is 9.99. The van der Waals surface area contributed by atoms with Crippen LogP contribution in [0.2, 0.25) is 0 Å². The van der Waals surface area contributed by atoms with Gasteiger partial charge in [-0.2, -0.15) is 0 Å². The lowest BCUT2D eigenvalue weighted by Crippen LogP contribution is -2.60. The summed E-state index contributed by atoms with van der Waals surface area (Å²) in [5.41, 5.74) is 0.970. The molecule has 0 unspecified atom stereocenters. The maximum Gasteiger partial charge on any atom is 0.229 e. The third-order valence-corrected chi connectivity index (χ3v) is 3.70. The first kappa shape index (κ1) is 17.7. The monoisotopic (exact) mass is 326 g/mol. The van der Waals surface area contributed by atoms with Crippen molar-refractivity contribution >= 4 is 0 Å². The van der Waals surface area contributed by atoms with Crippen molar-refractivity contribution in [1.82, 2.24) is 0 Å². The van der Waals surface area contributed by atoms with Crippen molar-refractivity contribution in [3.8, 4) is 11.5 Å². The number of hydrogen-bond acceptors (Lipinski definition) is 7. The Morgan fingerprint density at radius 3 is 2.52 bits per heavy atom. The van der Waals surface area contributed by atoms with Crippen molar-refractivity contribution < 1.29 is 34.6 Å². The van der Waals surface area contributed by atoms with Crippen LogP contribution in [0, 0.1) is 0 Å². The molecule has 0 aliphatic carbocycles. The molecule has 1 saturated heterocycles. The van der Waals surface area contributed by atoms with E-state index in [0.717, 1.165) is 5.56 Å². The van der Waals surface area contributed by atoms with Crippen LogP contribution >= 0.6 is 0 Å². The van der Waals surface area contributed by atoms with Crippen molar-refractivity contribution in [1.29, 1.82) is 0 Å².